The molecule has 1 fully saturated rings. The van der Waals surface area contributed by atoms with Crippen LogP contribution in [0.25, 0.3) is 0 Å². The van der Waals surface area contributed by atoms with E-state index in [4.69, 9.17) is 9.47 Å². The average Bonchev–Trinajstić information content (AvgIpc) is 3.37. The number of benzene rings is 1. The molecule has 0 unspecified atom stereocenters. The van der Waals surface area contributed by atoms with Crippen molar-refractivity contribution in [3.05, 3.63) is 35.9 Å². The smallest absolute Gasteiger partial charge is 0.191 e. The van der Waals surface area contributed by atoms with E-state index in [1.807, 2.05) is 13.1 Å². The number of nitrogens with zero attached hydrogens (tertiary/aromatic N) is 4. The predicted octanol–water partition coefficient (Wildman–Crippen LogP) is 1.76. The van der Waals surface area contributed by atoms with Gasteiger partial charge in [-0.2, -0.15) is 5.10 Å². The molecule has 8 heteroatoms. The minimum atomic E-state index is 0.0816. The second-order valence-electron chi connectivity index (χ2n) is 7.43. The maximum absolute atomic E-state index is 5.81. The van der Waals surface area contributed by atoms with Crippen LogP contribution in [0.4, 0.5) is 0 Å². The van der Waals surface area contributed by atoms with Gasteiger partial charge in [-0.25, -0.2) is 4.98 Å². The van der Waals surface area contributed by atoms with Gasteiger partial charge in [0, 0.05) is 26.1 Å². The van der Waals surface area contributed by atoms with Crippen LogP contribution in [0.1, 0.15) is 37.1 Å². The van der Waals surface area contributed by atoms with Crippen LogP contribution in [-0.2, 0) is 19.0 Å². The van der Waals surface area contributed by atoms with E-state index in [0.717, 1.165) is 42.7 Å². The number of nitrogens with one attached hydrogen (secondary N) is 2. The molecule has 150 valence electrons. The summed E-state index contributed by atoms with van der Waals surface area (Å²) in [5.41, 5.74) is 1.39. The summed E-state index contributed by atoms with van der Waals surface area (Å²) in [4.78, 5) is 8.61. The maximum atomic E-state index is 5.81. The van der Waals surface area contributed by atoms with Gasteiger partial charge >= 0.3 is 0 Å². The molecule has 2 heterocycles. The summed E-state index contributed by atoms with van der Waals surface area (Å²) in [6, 6.07) is 6.40. The summed E-state index contributed by atoms with van der Waals surface area (Å²) in [5, 5.41) is 10.9. The van der Waals surface area contributed by atoms with Crippen molar-refractivity contribution < 1.29 is 9.47 Å². The molecule has 1 aliphatic carbocycles. The Bertz CT molecular complexity index is 841. The van der Waals surface area contributed by atoms with Crippen LogP contribution >= 0.6 is 0 Å². The Morgan fingerprint density at radius 3 is 2.68 bits per heavy atom. The highest BCUT2D eigenvalue weighted by atomic mass is 16.6. The van der Waals surface area contributed by atoms with Crippen molar-refractivity contribution in [2.45, 2.75) is 37.6 Å². The summed E-state index contributed by atoms with van der Waals surface area (Å²) in [7, 11) is 3.67. The number of aliphatic imine (C=N–C) groups is 1. The van der Waals surface area contributed by atoms with E-state index in [-0.39, 0.29) is 5.41 Å². The number of hydrogen-bond acceptors (Lipinski definition) is 5. The molecule has 0 bridgehead atoms. The number of guanidine groups is 1. The minimum Gasteiger partial charge on any atom is -0.486 e. The van der Waals surface area contributed by atoms with E-state index in [1.54, 1.807) is 18.1 Å². The minimum absolute atomic E-state index is 0.0816. The summed E-state index contributed by atoms with van der Waals surface area (Å²) >= 11 is 0. The van der Waals surface area contributed by atoms with Crippen molar-refractivity contribution in [2.75, 3.05) is 26.8 Å². The molecule has 0 radical (unpaired) electrons. The molecule has 1 aromatic carbocycles. The molecule has 0 spiro atoms. The lowest BCUT2D eigenvalue weighted by Gasteiger charge is -2.32. The fourth-order valence-electron chi connectivity index (χ4n) is 4.11. The van der Waals surface area contributed by atoms with E-state index >= 15 is 0 Å². The summed E-state index contributed by atoms with van der Waals surface area (Å²) < 4.78 is 13.3. The summed E-state index contributed by atoms with van der Waals surface area (Å²) in [5.74, 6) is 3.34. The topological polar surface area (TPSA) is 85.6 Å². The highest BCUT2D eigenvalue weighted by molar-refractivity contribution is 5.79. The molecule has 1 aliphatic heterocycles. The molecule has 2 aromatic rings. The Hall–Kier alpha value is -2.77. The Morgan fingerprint density at radius 1 is 1.18 bits per heavy atom. The number of fused-ring (bicyclic) bond motifs is 1. The van der Waals surface area contributed by atoms with Crippen molar-refractivity contribution in [1.29, 1.82) is 0 Å². The van der Waals surface area contributed by atoms with Crippen molar-refractivity contribution in [3.63, 3.8) is 0 Å². The Labute approximate surface area is 165 Å². The normalized spacial score (nSPS) is 18.1. The Morgan fingerprint density at radius 2 is 1.96 bits per heavy atom. The molecular weight excluding hydrogens is 356 g/mol. The average molecular weight is 384 g/mol. The van der Waals surface area contributed by atoms with Gasteiger partial charge in [0.05, 0.1) is 6.54 Å². The van der Waals surface area contributed by atoms with Crippen molar-refractivity contribution in [2.24, 2.45) is 12.0 Å². The lowest BCUT2D eigenvalue weighted by atomic mass is 9.78. The van der Waals surface area contributed by atoms with Crippen LogP contribution in [0.2, 0.25) is 0 Å². The Balaban J connectivity index is 1.45. The second kappa shape index (κ2) is 8.08. The molecular formula is C20H28N6O2. The van der Waals surface area contributed by atoms with Gasteiger partial charge in [0.2, 0.25) is 0 Å². The molecule has 0 atom stereocenters. The van der Waals surface area contributed by atoms with E-state index < -0.39 is 0 Å². The van der Waals surface area contributed by atoms with Gasteiger partial charge in [-0.1, -0.05) is 18.9 Å². The van der Waals surface area contributed by atoms with Gasteiger partial charge in [0.1, 0.15) is 25.4 Å². The van der Waals surface area contributed by atoms with Crippen LogP contribution in [-0.4, -0.2) is 47.5 Å². The first-order valence-electron chi connectivity index (χ1n) is 9.88. The fraction of sp³-hybridized carbons (Fsp3) is 0.550. The molecule has 8 nitrogen and oxygen atoms in total. The number of aryl methyl sites for hydroxylation is 1. The quantitative estimate of drug-likeness (QED) is 0.604. The first kappa shape index (κ1) is 18.6. The van der Waals surface area contributed by atoms with Crippen LogP contribution in [0, 0.1) is 0 Å². The molecule has 28 heavy (non-hydrogen) atoms. The van der Waals surface area contributed by atoms with E-state index in [9.17, 15) is 0 Å². The van der Waals surface area contributed by atoms with Crippen LogP contribution in [0.15, 0.2) is 29.5 Å². The van der Waals surface area contributed by atoms with Gasteiger partial charge in [0.25, 0.3) is 0 Å². The van der Waals surface area contributed by atoms with E-state index in [1.165, 1.54) is 18.4 Å². The molecule has 2 N–H and O–H groups in total. The second-order valence-corrected chi connectivity index (χ2v) is 7.43. The molecule has 0 amide bonds. The molecule has 2 aliphatic rings. The highest BCUT2D eigenvalue weighted by Crippen LogP contribution is 2.43. The Kier molecular flexibility index (Phi) is 5.36. The van der Waals surface area contributed by atoms with Crippen LogP contribution < -0.4 is 20.1 Å². The largest absolute Gasteiger partial charge is 0.486 e. The lowest BCUT2D eigenvalue weighted by Crippen LogP contribution is -2.44. The third-order valence-corrected chi connectivity index (χ3v) is 5.75. The summed E-state index contributed by atoms with van der Waals surface area (Å²) in [6.07, 6.45) is 6.34. The summed E-state index contributed by atoms with van der Waals surface area (Å²) in [6.45, 7) is 2.63. The molecule has 0 saturated heterocycles. The van der Waals surface area contributed by atoms with Crippen molar-refractivity contribution in [1.82, 2.24) is 25.4 Å². The first-order valence-corrected chi connectivity index (χ1v) is 9.88. The zero-order chi connectivity index (χ0) is 19.4. The van der Waals surface area contributed by atoms with Crippen LogP contribution in [0.5, 0.6) is 11.5 Å². The first-order chi connectivity index (χ1) is 13.7. The third kappa shape index (κ3) is 3.76. The van der Waals surface area contributed by atoms with Gasteiger partial charge in [-0.05, 0) is 30.5 Å². The lowest BCUT2D eigenvalue weighted by molar-refractivity contribution is 0.171. The molecule has 1 saturated carbocycles. The van der Waals surface area contributed by atoms with E-state index in [0.29, 0.717) is 19.8 Å². The zero-order valence-electron chi connectivity index (χ0n) is 16.6. The molecule has 1 aromatic heterocycles. The van der Waals surface area contributed by atoms with Crippen molar-refractivity contribution >= 4 is 5.96 Å². The zero-order valence-corrected chi connectivity index (χ0v) is 16.6. The molecule has 4 rings (SSSR count). The van der Waals surface area contributed by atoms with Gasteiger partial charge in [-0.3, -0.25) is 9.67 Å². The maximum Gasteiger partial charge on any atom is 0.191 e. The third-order valence-electron chi connectivity index (χ3n) is 5.75. The number of rotatable bonds is 5. The fourth-order valence-corrected chi connectivity index (χ4v) is 4.11. The van der Waals surface area contributed by atoms with Crippen molar-refractivity contribution in [3.8, 4) is 11.5 Å². The monoisotopic (exact) mass is 384 g/mol. The number of ether oxygens (including phenoxy) is 2. The van der Waals surface area contributed by atoms with Gasteiger partial charge in [-0.15, -0.1) is 0 Å². The predicted molar refractivity (Wildman–Crippen MR) is 107 cm³/mol. The number of hydrogen-bond donors (Lipinski definition) is 2. The standard InChI is InChI=1S/C20H28N6O2/c1-21-19(22-12-18-24-14-25-26(18)2)23-13-20(7-3-4-8-20)15-5-6-16-17(11-15)28-10-9-27-16/h5-6,11,14H,3-4,7-10,12-13H2,1-2H3,(H2,21,22,23). The highest BCUT2D eigenvalue weighted by Gasteiger charge is 2.36. The number of aromatic nitrogens is 3. The van der Waals surface area contributed by atoms with E-state index in [2.05, 4.69) is 37.8 Å². The van der Waals surface area contributed by atoms with Gasteiger partial charge in [0.15, 0.2) is 17.5 Å². The van der Waals surface area contributed by atoms with Gasteiger partial charge < -0.3 is 20.1 Å². The van der Waals surface area contributed by atoms with Crippen LogP contribution in [0.3, 0.4) is 0 Å². The SMILES string of the molecule is CN=C(NCc1ncnn1C)NCC1(c2ccc3c(c2)OCCO3)CCCC1.